The summed E-state index contributed by atoms with van der Waals surface area (Å²) >= 11 is 0. The van der Waals surface area contributed by atoms with Crippen LogP contribution < -0.4 is 0 Å². The van der Waals surface area contributed by atoms with Crippen molar-refractivity contribution in [3.05, 3.63) is 35.4 Å². The summed E-state index contributed by atoms with van der Waals surface area (Å²) in [6.07, 6.45) is 1.92. The molecule has 0 heterocycles. The molecule has 1 N–H and O–H groups in total. The molecular formula is C15H17FO2. The molecule has 1 aromatic rings. The van der Waals surface area contributed by atoms with Crippen LogP contribution in [0.25, 0.3) is 0 Å². The zero-order valence-electron chi connectivity index (χ0n) is 10.2. The van der Waals surface area contributed by atoms with Gasteiger partial charge in [0.05, 0.1) is 0 Å². The average Bonchev–Trinajstić information content (AvgIpc) is 2.64. The predicted molar refractivity (Wildman–Crippen MR) is 66.1 cm³/mol. The molecular weight excluding hydrogens is 231 g/mol. The Kier molecular flexibility index (Phi) is 2.84. The zero-order valence-corrected chi connectivity index (χ0v) is 10.2. The SMILES string of the molecule is O=C(O)C(F)C1C2CCC1Cc1ccccc1C2. The number of hydrogen-bond acceptors (Lipinski definition) is 1. The smallest absolute Gasteiger partial charge is 0.338 e. The Bertz CT molecular complexity index is 438. The summed E-state index contributed by atoms with van der Waals surface area (Å²) in [5, 5.41) is 8.93. The number of rotatable bonds is 2. The molecule has 2 bridgehead atoms. The van der Waals surface area contributed by atoms with Crippen LogP contribution in [-0.4, -0.2) is 17.2 Å². The largest absolute Gasteiger partial charge is 0.479 e. The summed E-state index contributed by atoms with van der Waals surface area (Å²) < 4.78 is 14.0. The van der Waals surface area contributed by atoms with Crippen LogP contribution >= 0.6 is 0 Å². The van der Waals surface area contributed by atoms with E-state index in [4.69, 9.17) is 5.11 Å². The average molecular weight is 248 g/mol. The Hall–Kier alpha value is -1.38. The molecule has 3 atom stereocenters. The number of alkyl halides is 1. The topological polar surface area (TPSA) is 37.3 Å². The predicted octanol–water partition coefficient (Wildman–Crippen LogP) is 2.85. The Morgan fingerprint density at radius 1 is 1.17 bits per heavy atom. The lowest BCUT2D eigenvalue weighted by molar-refractivity contribution is -0.146. The van der Waals surface area contributed by atoms with Crippen LogP contribution in [0.3, 0.4) is 0 Å². The molecule has 18 heavy (non-hydrogen) atoms. The first-order valence-corrected chi connectivity index (χ1v) is 6.60. The molecule has 2 aliphatic rings. The van der Waals surface area contributed by atoms with E-state index in [0.29, 0.717) is 0 Å². The normalized spacial score (nSPS) is 31.5. The van der Waals surface area contributed by atoms with Crippen molar-refractivity contribution >= 4 is 5.97 Å². The maximum Gasteiger partial charge on any atom is 0.338 e. The summed E-state index contributed by atoms with van der Waals surface area (Å²) in [7, 11) is 0. The standard InChI is InChI=1S/C15H17FO2/c16-14(15(17)18)13-11-5-6-12(13)8-10-4-2-1-3-9(10)7-11/h1-4,11-14H,5-8H2,(H,17,18). The van der Waals surface area contributed by atoms with Crippen LogP contribution in [0.2, 0.25) is 0 Å². The van der Waals surface area contributed by atoms with Crippen molar-refractivity contribution in [2.45, 2.75) is 31.9 Å². The van der Waals surface area contributed by atoms with E-state index < -0.39 is 12.1 Å². The van der Waals surface area contributed by atoms with Gasteiger partial charge >= 0.3 is 5.97 Å². The number of carboxylic acids is 1. The van der Waals surface area contributed by atoms with Gasteiger partial charge in [-0.3, -0.25) is 0 Å². The van der Waals surface area contributed by atoms with Gasteiger partial charge in [-0.1, -0.05) is 24.3 Å². The van der Waals surface area contributed by atoms with Gasteiger partial charge in [0.25, 0.3) is 0 Å². The van der Waals surface area contributed by atoms with Gasteiger partial charge in [0.1, 0.15) is 0 Å². The Morgan fingerprint density at radius 3 is 2.11 bits per heavy atom. The lowest BCUT2D eigenvalue weighted by atomic mass is 9.84. The minimum atomic E-state index is -1.70. The van der Waals surface area contributed by atoms with Crippen LogP contribution in [0.1, 0.15) is 24.0 Å². The van der Waals surface area contributed by atoms with Crippen molar-refractivity contribution in [3.63, 3.8) is 0 Å². The van der Waals surface area contributed by atoms with Crippen LogP contribution in [0.5, 0.6) is 0 Å². The number of benzene rings is 1. The van der Waals surface area contributed by atoms with E-state index in [1.165, 1.54) is 11.1 Å². The first-order chi connectivity index (χ1) is 8.66. The van der Waals surface area contributed by atoms with Crippen molar-refractivity contribution in [1.29, 1.82) is 0 Å². The third-order valence-electron chi connectivity index (χ3n) is 4.65. The lowest BCUT2D eigenvalue weighted by Crippen LogP contribution is -2.32. The van der Waals surface area contributed by atoms with Gasteiger partial charge in [-0.05, 0) is 48.6 Å². The van der Waals surface area contributed by atoms with Crippen molar-refractivity contribution in [2.75, 3.05) is 0 Å². The molecule has 1 fully saturated rings. The molecule has 0 saturated heterocycles. The van der Waals surface area contributed by atoms with Gasteiger partial charge in [-0.2, -0.15) is 0 Å². The molecule has 1 saturated carbocycles. The highest BCUT2D eigenvalue weighted by atomic mass is 19.1. The van der Waals surface area contributed by atoms with E-state index in [-0.39, 0.29) is 17.8 Å². The van der Waals surface area contributed by atoms with Gasteiger partial charge in [0.15, 0.2) is 6.17 Å². The summed E-state index contributed by atoms with van der Waals surface area (Å²) in [4.78, 5) is 10.9. The van der Waals surface area contributed by atoms with Crippen LogP contribution in [0.15, 0.2) is 24.3 Å². The number of carbonyl (C=O) groups is 1. The van der Waals surface area contributed by atoms with Gasteiger partial charge in [-0.25, -0.2) is 9.18 Å². The Morgan fingerprint density at radius 2 is 1.67 bits per heavy atom. The summed E-state index contributed by atoms with van der Waals surface area (Å²) in [5.74, 6) is -1.19. The number of hydrogen-bond donors (Lipinski definition) is 1. The highest BCUT2D eigenvalue weighted by Gasteiger charge is 2.45. The second kappa shape index (κ2) is 4.38. The van der Waals surface area contributed by atoms with Crippen molar-refractivity contribution < 1.29 is 14.3 Å². The number of carboxylic acid groups (broad SMARTS) is 1. The molecule has 0 aromatic heterocycles. The summed E-state index contributed by atoms with van der Waals surface area (Å²) in [5.41, 5.74) is 2.57. The monoisotopic (exact) mass is 248 g/mol. The van der Waals surface area contributed by atoms with Crippen LogP contribution in [0, 0.1) is 17.8 Å². The van der Waals surface area contributed by atoms with E-state index in [0.717, 1.165) is 25.7 Å². The second-order valence-electron chi connectivity index (χ2n) is 5.59. The van der Waals surface area contributed by atoms with E-state index in [1.807, 2.05) is 12.1 Å². The fourth-order valence-corrected chi connectivity index (χ4v) is 3.84. The Balaban J connectivity index is 1.93. The van der Waals surface area contributed by atoms with Gasteiger partial charge in [0.2, 0.25) is 0 Å². The molecule has 3 unspecified atom stereocenters. The van der Waals surface area contributed by atoms with Gasteiger partial charge in [0, 0.05) is 5.92 Å². The van der Waals surface area contributed by atoms with Crippen molar-refractivity contribution in [3.8, 4) is 0 Å². The quantitative estimate of drug-likeness (QED) is 0.873. The van der Waals surface area contributed by atoms with E-state index >= 15 is 0 Å². The molecule has 96 valence electrons. The fourth-order valence-electron chi connectivity index (χ4n) is 3.84. The maximum absolute atomic E-state index is 14.0. The molecule has 1 aromatic carbocycles. The second-order valence-corrected chi connectivity index (χ2v) is 5.59. The number of halogens is 1. The zero-order chi connectivity index (χ0) is 12.7. The molecule has 2 nitrogen and oxygen atoms in total. The first kappa shape index (κ1) is 11.7. The van der Waals surface area contributed by atoms with E-state index in [9.17, 15) is 9.18 Å². The minimum Gasteiger partial charge on any atom is -0.479 e. The minimum absolute atomic E-state index is 0.199. The van der Waals surface area contributed by atoms with Gasteiger partial charge < -0.3 is 5.11 Å². The third kappa shape index (κ3) is 1.82. The van der Waals surface area contributed by atoms with Crippen LogP contribution in [-0.2, 0) is 17.6 Å². The highest BCUT2D eigenvalue weighted by molar-refractivity contribution is 5.72. The highest BCUT2D eigenvalue weighted by Crippen LogP contribution is 2.46. The third-order valence-corrected chi connectivity index (χ3v) is 4.65. The molecule has 0 radical (unpaired) electrons. The molecule has 2 aliphatic carbocycles. The number of fused-ring (bicyclic) bond motifs is 3. The van der Waals surface area contributed by atoms with E-state index in [1.54, 1.807) is 0 Å². The first-order valence-electron chi connectivity index (χ1n) is 6.60. The Labute approximate surface area is 106 Å². The van der Waals surface area contributed by atoms with E-state index in [2.05, 4.69) is 12.1 Å². The molecule has 0 spiro atoms. The molecule has 3 rings (SSSR count). The van der Waals surface area contributed by atoms with Gasteiger partial charge in [-0.15, -0.1) is 0 Å². The van der Waals surface area contributed by atoms with Crippen molar-refractivity contribution in [1.82, 2.24) is 0 Å². The molecule has 0 aliphatic heterocycles. The fraction of sp³-hybridized carbons (Fsp3) is 0.533. The molecule has 3 heteroatoms. The lowest BCUT2D eigenvalue weighted by Gasteiger charge is -2.23. The summed E-state index contributed by atoms with van der Waals surface area (Å²) in [6.45, 7) is 0. The van der Waals surface area contributed by atoms with Crippen LogP contribution in [0.4, 0.5) is 4.39 Å². The van der Waals surface area contributed by atoms with Crippen molar-refractivity contribution in [2.24, 2.45) is 17.8 Å². The maximum atomic E-state index is 14.0. The summed E-state index contributed by atoms with van der Waals surface area (Å²) in [6, 6.07) is 8.22. The number of aliphatic carboxylic acids is 1. The molecule has 0 amide bonds.